The predicted molar refractivity (Wildman–Crippen MR) is 83.1 cm³/mol. The lowest BCUT2D eigenvalue weighted by molar-refractivity contribution is 0.338. The second kappa shape index (κ2) is 5.33. The van der Waals surface area contributed by atoms with E-state index in [0.717, 1.165) is 33.5 Å². The van der Waals surface area contributed by atoms with Crippen molar-refractivity contribution in [3.05, 3.63) is 60.3 Å². The minimum atomic E-state index is 0.640. The lowest BCUT2D eigenvalue weighted by Crippen LogP contribution is -2.00. The average molecular weight is 263 g/mol. The van der Waals surface area contributed by atoms with Crippen LogP contribution >= 0.6 is 0 Å². The molecule has 2 heteroatoms. The van der Waals surface area contributed by atoms with Crippen molar-refractivity contribution in [3.8, 4) is 16.9 Å². The molecule has 0 amide bonds. The normalized spacial score (nSPS) is 10.7. The maximum absolute atomic E-state index is 5.87. The first-order valence-electron chi connectivity index (χ1n) is 6.89. The molecule has 0 bridgehead atoms. The molecule has 100 valence electrons. The molecule has 2 nitrogen and oxygen atoms in total. The Balaban J connectivity index is 2.38. The summed E-state index contributed by atoms with van der Waals surface area (Å²) in [5.74, 6) is 0.886. The summed E-state index contributed by atoms with van der Waals surface area (Å²) in [6.07, 6.45) is 0. The van der Waals surface area contributed by atoms with E-state index in [-0.39, 0.29) is 0 Å². The monoisotopic (exact) mass is 263 g/mol. The van der Waals surface area contributed by atoms with E-state index in [4.69, 9.17) is 4.74 Å². The third kappa shape index (κ3) is 2.14. The molecule has 0 saturated heterocycles. The Labute approximate surface area is 119 Å². The van der Waals surface area contributed by atoms with Gasteiger partial charge in [-0.3, -0.25) is 0 Å². The van der Waals surface area contributed by atoms with Crippen LogP contribution in [0.15, 0.2) is 54.6 Å². The molecule has 0 atom stereocenters. The summed E-state index contributed by atoms with van der Waals surface area (Å²) in [6.45, 7) is 4.65. The lowest BCUT2D eigenvalue weighted by Gasteiger charge is -2.15. The van der Waals surface area contributed by atoms with E-state index in [9.17, 15) is 0 Å². The summed E-state index contributed by atoms with van der Waals surface area (Å²) in [5.41, 5.74) is 4.24. The first-order valence-corrected chi connectivity index (χ1v) is 6.89. The Morgan fingerprint density at radius 3 is 2.40 bits per heavy atom. The molecule has 0 spiro atoms. The summed E-state index contributed by atoms with van der Waals surface area (Å²) in [4.78, 5) is 4.66. The molecule has 1 heterocycles. The van der Waals surface area contributed by atoms with Crippen molar-refractivity contribution in [1.29, 1.82) is 0 Å². The van der Waals surface area contributed by atoms with Crippen LogP contribution in [0.5, 0.6) is 5.75 Å². The number of fused-ring (bicyclic) bond motifs is 1. The minimum absolute atomic E-state index is 0.640. The highest BCUT2D eigenvalue weighted by atomic mass is 16.5. The van der Waals surface area contributed by atoms with Gasteiger partial charge >= 0.3 is 0 Å². The molecular formula is C18H17NO. The Hall–Kier alpha value is -2.35. The van der Waals surface area contributed by atoms with Gasteiger partial charge in [0.25, 0.3) is 0 Å². The van der Waals surface area contributed by atoms with Crippen LogP contribution in [0.2, 0.25) is 0 Å². The molecule has 0 aliphatic carbocycles. The van der Waals surface area contributed by atoms with E-state index < -0.39 is 0 Å². The van der Waals surface area contributed by atoms with Crippen molar-refractivity contribution in [1.82, 2.24) is 4.98 Å². The molecule has 2 aromatic carbocycles. The van der Waals surface area contributed by atoms with Gasteiger partial charge in [0.05, 0.1) is 17.8 Å². The van der Waals surface area contributed by atoms with Gasteiger partial charge in [0.15, 0.2) is 0 Å². The molecular weight excluding hydrogens is 246 g/mol. The second-order valence-corrected chi connectivity index (χ2v) is 4.72. The van der Waals surface area contributed by atoms with Crippen molar-refractivity contribution >= 4 is 10.9 Å². The standard InChI is InChI=1S/C18H17NO/c1-3-20-18-13(2)19-16-12-8-7-11-15(16)17(18)14-9-5-4-6-10-14/h4-12H,3H2,1-2H3. The molecule has 0 N–H and O–H groups in total. The number of aromatic nitrogens is 1. The van der Waals surface area contributed by atoms with Crippen LogP contribution in [0, 0.1) is 6.92 Å². The van der Waals surface area contributed by atoms with E-state index in [1.54, 1.807) is 0 Å². The number of hydrogen-bond donors (Lipinski definition) is 0. The minimum Gasteiger partial charge on any atom is -0.491 e. The number of hydrogen-bond acceptors (Lipinski definition) is 2. The van der Waals surface area contributed by atoms with Crippen LogP contribution < -0.4 is 4.74 Å². The largest absolute Gasteiger partial charge is 0.491 e. The van der Waals surface area contributed by atoms with Crippen molar-refractivity contribution in [2.75, 3.05) is 6.61 Å². The molecule has 1 aromatic heterocycles. The molecule has 0 fully saturated rings. The average Bonchev–Trinajstić information content (AvgIpc) is 2.49. The fraction of sp³-hybridized carbons (Fsp3) is 0.167. The number of ether oxygens (including phenoxy) is 1. The molecule has 0 aliphatic rings. The van der Waals surface area contributed by atoms with Gasteiger partial charge in [-0.15, -0.1) is 0 Å². The number of para-hydroxylation sites is 1. The van der Waals surface area contributed by atoms with Gasteiger partial charge in [-0.2, -0.15) is 0 Å². The van der Waals surface area contributed by atoms with Gasteiger partial charge in [-0.25, -0.2) is 4.98 Å². The predicted octanol–water partition coefficient (Wildman–Crippen LogP) is 4.61. The molecule has 3 rings (SSSR count). The van der Waals surface area contributed by atoms with Crippen molar-refractivity contribution in [2.24, 2.45) is 0 Å². The zero-order valence-electron chi connectivity index (χ0n) is 11.8. The summed E-state index contributed by atoms with van der Waals surface area (Å²) < 4.78 is 5.87. The summed E-state index contributed by atoms with van der Waals surface area (Å²) in [7, 11) is 0. The Morgan fingerprint density at radius 1 is 0.950 bits per heavy atom. The van der Waals surface area contributed by atoms with Gasteiger partial charge in [0.1, 0.15) is 5.75 Å². The maximum atomic E-state index is 5.87. The summed E-state index contributed by atoms with van der Waals surface area (Å²) >= 11 is 0. The van der Waals surface area contributed by atoms with Gasteiger partial charge in [0.2, 0.25) is 0 Å². The Kier molecular flexibility index (Phi) is 3.38. The van der Waals surface area contributed by atoms with E-state index >= 15 is 0 Å². The molecule has 0 saturated carbocycles. The highest BCUT2D eigenvalue weighted by Gasteiger charge is 2.14. The van der Waals surface area contributed by atoms with Crippen LogP contribution in [0.25, 0.3) is 22.0 Å². The number of nitrogens with zero attached hydrogens (tertiary/aromatic N) is 1. The van der Waals surface area contributed by atoms with Crippen molar-refractivity contribution in [3.63, 3.8) is 0 Å². The fourth-order valence-corrected chi connectivity index (χ4v) is 2.53. The first kappa shape index (κ1) is 12.7. The smallest absolute Gasteiger partial charge is 0.148 e. The van der Waals surface area contributed by atoms with Gasteiger partial charge < -0.3 is 4.74 Å². The third-order valence-electron chi connectivity index (χ3n) is 3.37. The highest BCUT2D eigenvalue weighted by Crippen LogP contribution is 2.38. The number of pyridine rings is 1. The van der Waals surface area contributed by atoms with E-state index in [1.807, 2.05) is 38.1 Å². The van der Waals surface area contributed by atoms with E-state index in [2.05, 4.69) is 35.3 Å². The topological polar surface area (TPSA) is 22.1 Å². The Morgan fingerprint density at radius 2 is 1.65 bits per heavy atom. The molecule has 0 radical (unpaired) electrons. The number of benzene rings is 2. The SMILES string of the molecule is CCOc1c(C)nc2ccccc2c1-c1ccccc1. The van der Waals surface area contributed by atoms with Crippen molar-refractivity contribution < 1.29 is 4.74 Å². The van der Waals surface area contributed by atoms with Gasteiger partial charge in [0, 0.05) is 10.9 Å². The molecule has 20 heavy (non-hydrogen) atoms. The van der Waals surface area contributed by atoms with Crippen LogP contribution in [0.1, 0.15) is 12.6 Å². The highest BCUT2D eigenvalue weighted by molar-refractivity contribution is 5.98. The third-order valence-corrected chi connectivity index (χ3v) is 3.37. The van der Waals surface area contributed by atoms with E-state index in [1.165, 1.54) is 0 Å². The van der Waals surface area contributed by atoms with Crippen molar-refractivity contribution in [2.45, 2.75) is 13.8 Å². The van der Waals surface area contributed by atoms with Crippen LogP contribution in [-0.4, -0.2) is 11.6 Å². The summed E-state index contributed by atoms with van der Waals surface area (Å²) in [5, 5.41) is 1.13. The Bertz CT molecular complexity index is 735. The van der Waals surface area contributed by atoms with Crippen LogP contribution in [-0.2, 0) is 0 Å². The second-order valence-electron chi connectivity index (χ2n) is 4.72. The lowest BCUT2D eigenvalue weighted by atomic mass is 9.99. The zero-order chi connectivity index (χ0) is 13.9. The number of aryl methyl sites for hydroxylation is 1. The molecule has 0 aliphatic heterocycles. The number of rotatable bonds is 3. The van der Waals surface area contributed by atoms with Crippen LogP contribution in [0.4, 0.5) is 0 Å². The van der Waals surface area contributed by atoms with E-state index in [0.29, 0.717) is 6.61 Å². The maximum Gasteiger partial charge on any atom is 0.148 e. The fourth-order valence-electron chi connectivity index (χ4n) is 2.53. The van der Waals surface area contributed by atoms with Gasteiger partial charge in [-0.1, -0.05) is 48.5 Å². The first-order chi connectivity index (χ1) is 9.81. The zero-order valence-corrected chi connectivity index (χ0v) is 11.8. The quantitative estimate of drug-likeness (QED) is 0.688. The molecule has 0 unspecified atom stereocenters. The van der Waals surface area contributed by atoms with Crippen LogP contribution in [0.3, 0.4) is 0 Å². The molecule has 3 aromatic rings. The van der Waals surface area contributed by atoms with Gasteiger partial charge in [-0.05, 0) is 25.5 Å². The summed E-state index contributed by atoms with van der Waals surface area (Å²) in [6, 6.07) is 18.6.